The number of ether oxygens (including phenoxy) is 3. The molecule has 0 saturated heterocycles. The van der Waals surface area contributed by atoms with Crippen LogP contribution in [-0.2, 0) is 28.6 Å². The zero-order valence-electron chi connectivity index (χ0n) is 24.4. The molecule has 0 spiro atoms. The molecule has 13 heteroatoms. The van der Waals surface area contributed by atoms with Crippen LogP contribution in [0.2, 0.25) is 0 Å². The van der Waals surface area contributed by atoms with E-state index in [1.165, 1.54) is 0 Å². The number of carboxylic acids is 3. The topological polar surface area (TPSA) is 148 Å². The second-order valence-corrected chi connectivity index (χ2v) is 9.77. The van der Waals surface area contributed by atoms with Gasteiger partial charge in [0.25, 0.3) is 0 Å². The summed E-state index contributed by atoms with van der Waals surface area (Å²) in [5.74, 6) is -3.14. The predicted octanol–water partition coefficient (Wildman–Crippen LogP) is 1.09. The fraction of sp³-hybridized carbons (Fsp3) is 0.889. The molecule has 0 N–H and O–H groups in total. The Kier molecular flexibility index (Phi) is 43.8. The maximum absolute atomic E-state index is 10.5. The van der Waals surface area contributed by atoms with E-state index < -0.39 is 35.7 Å². The van der Waals surface area contributed by atoms with Crippen molar-refractivity contribution in [3.05, 3.63) is 0 Å². The molecular weight excluding hydrogens is 686 g/mol. The predicted molar refractivity (Wildman–Crippen MR) is 164 cm³/mol. The first-order chi connectivity index (χ1) is 18.7. The summed E-state index contributed by atoms with van der Waals surface area (Å²) in [6, 6.07) is 0. The minimum Gasteiger partial charge on any atom is -0.550 e. The Morgan fingerprint density at radius 1 is 0.525 bits per heavy atom. The molecule has 0 aromatic carbocycles. The summed E-state index contributed by atoms with van der Waals surface area (Å²) < 4.78 is 15.4. The first kappa shape index (κ1) is 47.1. The number of hydrogen-bond donors (Lipinski definition) is 3. The average Bonchev–Trinajstić information content (AvgIpc) is 2.90. The molecule has 0 rings (SSSR count). The van der Waals surface area contributed by atoms with Crippen LogP contribution in [0, 0.1) is 17.8 Å². The third-order valence-electron chi connectivity index (χ3n) is 5.55. The second kappa shape index (κ2) is 37.2. The summed E-state index contributed by atoms with van der Waals surface area (Å²) in [6.07, 6.45) is 7.22. The molecule has 0 fully saturated rings. The Balaban J connectivity index is -0.000000240. The molecule has 2 radical (unpaired) electrons. The van der Waals surface area contributed by atoms with E-state index in [2.05, 4.69) is 37.9 Å². The molecule has 0 bridgehead atoms. The van der Waals surface area contributed by atoms with Crippen LogP contribution in [0.3, 0.4) is 0 Å². The maximum atomic E-state index is 10.5. The van der Waals surface area contributed by atoms with Gasteiger partial charge in [0.15, 0.2) is 0 Å². The molecule has 9 nitrogen and oxygen atoms in total. The summed E-state index contributed by atoms with van der Waals surface area (Å²) in [6.45, 7) is 10.1. The molecule has 0 saturated carbocycles. The molecule has 0 aromatic heterocycles. The number of unbranched alkanes of at least 4 members (excludes halogenated alkanes) is 3. The van der Waals surface area contributed by atoms with E-state index in [0.717, 1.165) is 58.3 Å². The molecular formula is C27H51O9S3Sb. The Labute approximate surface area is 275 Å². The van der Waals surface area contributed by atoms with Crippen molar-refractivity contribution in [2.45, 2.75) is 78.6 Å². The molecule has 0 amide bonds. The minimum absolute atomic E-state index is 0. The molecule has 236 valence electrons. The summed E-state index contributed by atoms with van der Waals surface area (Å²) >= 11 is 11.8. The van der Waals surface area contributed by atoms with E-state index in [-0.39, 0.29) is 24.4 Å². The third kappa shape index (κ3) is 34.4. The summed E-state index contributed by atoms with van der Waals surface area (Å²) in [5.41, 5.74) is 0. The van der Waals surface area contributed by atoms with Gasteiger partial charge in [0, 0.05) is 75.3 Å². The number of thiol groups is 3. The smallest absolute Gasteiger partial charge is 0.550 e. The van der Waals surface area contributed by atoms with Gasteiger partial charge in [0.05, 0.1) is 0 Å². The van der Waals surface area contributed by atoms with Crippen molar-refractivity contribution in [3.63, 3.8) is 0 Å². The van der Waals surface area contributed by atoms with Crippen molar-refractivity contribution in [2.24, 2.45) is 17.8 Å². The molecule has 0 aliphatic heterocycles. The number of carbonyl (C=O) groups is 3. The van der Waals surface area contributed by atoms with Crippen molar-refractivity contribution in [1.82, 2.24) is 0 Å². The zero-order valence-corrected chi connectivity index (χ0v) is 29.7. The first-order valence-corrected chi connectivity index (χ1v) is 15.7. The molecule has 0 aliphatic carbocycles. The normalized spacial score (nSPS) is 12.4. The van der Waals surface area contributed by atoms with Gasteiger partial charge in [-0.1, -0.05) is 19.3 Å². The van der Waals surface area contributed by atoms with E-state index in [4.69, 9.17) is 14.2 Å². The van der Waals surface area contributed by atoms with E-state index in [1.807, 2.05) is 20.8 Å². The van der Waals surface area contributed by atoms with Gasteiger partial charge < -0.3 is 43.9 Å². The Bertz CT molecular complexity index is 499. The van der Waals surface area contributed by atoms with Crippen molar-refractivity contribution in [3.8, 4) is 0 Å². The van der Waals surface area contributed by atoms with Gasteiger partial charge in [-0.05, 0) is 76.6 Å². The van der Waals surface area contributed by atoms with Gasteiger partial charge in [0.1, 0.15) is 0 Å². The monoisotopic (exact) mass is 736 g/mol. The Hall–Kier alpha value is 0.158. The quantitative estimate of drug-likeness (QED) is 0.0753. The Morgan fingerprint density at radius 2 is 0.750 bits per heavy atom. The van der Waals surface area contributed by atoms with Crippen molar-refractivity contribution in [1.29, 1.82) is 0 Å². The van der Waals surface area contributed by atoms with Crippen LogP contribution in [0.15, 0.2) is 0 Å². The number of carboxylic acid groups (broad SMARTS) is 3. The van der Waals surface area contributed by atoms with Crippen LogP contribution in [0.4, 0.5) is 0 Å². The fourth-order valence-corrected chi connectivity index (χ4v) is 4.06. The second-order valence-electron chi connectivity index (χ2n) is 8.67. The van der Waals surface area contributed by atoms with E-state index in [9.17, 15) is 29.7 Å². The van der Waals surface area contributed by atoms with Crippen molar-refractivity contribution >= 4 is 80.2 Å². The fourth-order valence-electron chi connectivity index (χ4n) is 3.07. The SMILES string of the molecule is CCOCCCCC(CS)C(=O)[O-].CCOCCCCC(CS)C(=O)[O-].CCOCCCCC(CS)C(=O)[O-].[Sb+3]. The molecule has 0 heterocycles. The van der Waals surface area contributed by atoms with E-state index in [0.29, 0.717) is 56.3 Å². The van der Waals surface area contributed by atoms with Crippen LogP contribution >= 0.6 is 37.9 Å². The third-order valence-corrected chi connectivity index (χ3v) is 6.87. The van der Waals surface area contributed by atoms with Gasteiger partial charge in [0.2, 0.25) is 0 Å². The Morgan fingerprint density at radius 3 is 0.900 bits per heavy atom. The van der Waals surface area contributed by atoms with Crippen LogP contribution in [0.5, 0.6) is 0 Å². The van der Waals surface area contributed by atoms with Gasteiger partial charge >= 0.3 is 24.4 Å². The van der Waals surface area contributed by atoms with Crippen LogP contribution in [-0.4, -0.2) is 99.2 Å². The van der Waals surface area contributed by atoms with Gasteiger partial charge in [-0.25, -0.2) is 0 Å². The maximum Gasteiger partial charge on any atom is 3.00 e. The van der Waals surface area contributed by atoms with E-state index >= 15 is 0 Å². The van der Waals surface area contributed by atoms with Gasteiger partial charge in [-0.15, -0.1) is 0 Å². The van der Waals surface area contributed by atoms with Crippen LogP contribution in [0.25, 0.3) is 0 Å². The number of rotatable bonds is 24. The molecule has 40 heavy (non-hydrogen) atoms. The average molecular weight is 738 g/mol. The van der Waals surface area contributed by atoms with Crippen LogP contribution < -0.4 is 15.3 Å². The largest absolute Gasteiger partial charge is 3.00 e. The van der Waals surface area contributed by atoms with Crippen molar-refractivity contribution in [2.75, 3.05) is 56.9 Å². The van der Waals surface area contributed by atoms with Crippen molar-refractivity contribution < 1.29 is 43.9 Å². The van der Waals surface area contributed by atoms with Gasteiger partial charge in [-0.2, -0.15) is 37.9 Å². The summed E-state index contributed by atoms with van der Waals surface area (Å²) in [7, 11) is 0. The minimum atomic E-state index is -0.994. The number of hydrogen-bond acceptors (Lipinski definition) is 12. The first-order valence-electron chi connectivity index (χ1n) is 13.8. The molecule has 3 atom stereocenters. The standard InChI is InChI=1S/3C9H18O3S.Sb/c3*1-2-12-6-4-3-5-8(7-13)9(10)11;/h3*8,13H,2-7H2,1H3,(H,10,11);/q;;;+3/p-3. The molecule has 3 unspecified atom stereocenters. The molecule has 0 aromatic rings. The number of aliphatic carboxylic acids is 3. The summed E-state index contributed by atoms with van der Waals surface area (Å²) in [4.78, 5) is 31.4. The zero-order chi connectivity index (χ0) is 30.3. The van der Waals surface area contributed by atoms with E-state index in [1.54, 1.807) is 0 Å². The molecule has 0 aliphatic rings. The number of carbonyl (C=O) groups excluding carboxylic acids is 3. The summed E-state index contributed by atoms with van der Waals surface area (Å²) in [5, 5.41) is 31.4. The van der Waals surface area contributed by atoms with Crippen LogP contribution in [0.1, 0.15) is 78.6 Å². The van der Waals surface area contributed by atoms with Gasteiger partial charge in [-0.3, -0.25) is 0 Å².